The minimum Gasteiger partial charge on any atom is -0.494 e. The second-order valence-corrected chi connectivity index (χ2v) is 3.73. The minimum absolute atomic E-state index is 0.828. The van der Waals surface area contributed by atoms with E-state index >= 15 is 0 Å². The van der Waals surface area contributed by atoms with Gasteiger partial charge in [-0.15, -0.1) is 0 Å². The van der Waals surface area contributed by atoms with Crippen molar-refractivity contribution < 1.29 is 4.74 Å². The molecule has 0 unspecified atom stereocenters. The maximum atomic E-state index is 5.37. The summed E-state index contributed by atoms with van der Waals surface area (Å²) in [7, 11) is 1.68. The van der Waals surface area contributed by atoms with Gasteiger partial charge in [-0.1, -0.05) is 36.4 Å². The number of aromatic nitrogens is 1. The zero-order chi connectivity index (χ0) is 11.0. The maximum absolute atomic E-state index is 5.37. The molecular formula is C14H11NO. The molecule has 0 fully saturated rings. The fourth-order valence-corrected chi connectivity index (χ4v) is 2.08. The van der Waals surface area contributed by atoms with Crippen LogP contribution in [0.4, 0.5) is 0 Å². The molecule has 2 heteroatoms. The standard InChI is InChI=1S/C14H11NO/c1-16-13-9-15-8-11-7-6-10-4-2-3-5-12(10)14(11)13/h2-9H,1H3. The quantitative estimate of drug-likeness (QED) is 0.573. The molecule has 3 rings (SSSR count). The van der Waals surface area contributed by atoms with Crippen LogP contribution in [0, 0.1) is 0 Å². The molecule has 3 aromatic rings. The molecule has 0 amide bonds. The molecule has 1 aromatic heterocycles. The summed E-state index contributed by atoms with van der Waals surface area (Å²) in [4.78, 5) is 4.17. The molecule has 0 aliphatic rings. The van der Waals surface area contributed by atoms with Crippen molar-refractivity contribution in [3.05, 3.63) is 48.8 Å². The summed E-state index contributed by atoms with van der Waals surface area (Å²) < 4.78 is 5.37. The first-order chi connectivity index (χ1) is 7.90. The van der Waals surface area contributed by atoms with Crippen LogP contribution in [0.1, 0.15) is 0 Å². The lowest BCUT2D eigenvalue weighted by Gasteiger charge is -2.07. The first-order valence-corrected chi connectivity index (χ1v) is 5.19. The Labute approximate surface area is 93.5 Å². The summed E-state index contributed by atoms with van der Waals surface area (Å²) in [5.41, 5.74) is 0. The van der Waals surface area contributed by atoms with Crippen molar-refractivity contribution in [1.82, 2.24) is 4.98 Å². The second-order valence-electron chi connectivity index (χ2n) is 3.73. The molecule has 2 aromatic carbocycles. The topological polar surface area (TPSA) is 22.1 Å². The Balaban J connectivity index is 2.57. The van der Waals surface area contributed by atoms with Crippen LogP contribution in [-0.4, -0.2) is 12.1 Å². The van der Waals surface area contributed by atoms with Gasteiger partial charge in [-0.05, 0) is 10.8 Å². The van der Waals surface area contributed by atoms with Crippen molar-refractivity contribution >= 4 is 21.5 Å². The highest BCUT2D eigenvalue weighted by Gasteiger charge is 2.05. The van der Waals surface area contributed by atoms with Crippen molar-refractivity contribution in [2.24, 2.45) is 0 Å². The Morgan fingerprint density at radius 1 is 0.938 bits per heavy atom. The van der Waals surface area contributed by atoms with Gasteiger partial charge in [-0.3, -0.25) is 4.98 Å². The highest BCUT2D eigenvalue weighted by atomic mass is 16.5. The predicted molar refractivity (Wildman–Crippen MR) is 65.8 cm³/mol. The van der Waals surface area contributed by atoms with E-state index < -0.39 is 0 Å². The number of nitrogens with zero attached hydrogens (tertiary/aromatic N) is 1. The molecule has 0 atom stereocenters. The molecule has 0 spiro atoms. The van der Waals surface area contributed by atoms with Crippen LogP contribution in [0.3, 0.4) is 0 Å². The van der Waals surface area contributed by atoms with E-state index in [1.807, 2.05) is 18.3 Å². The second kappa shape index (κ2) is 3.49. The molecule has 0 bridgehead atoms. The van der Waals surface area contributed by atoms with E-state index in [4.69, 9.17) is 4.74 Å². The molecule has 78 valence electrons. The van der Waals surface area contributed by atoms with Gasteiger partial charge in [0.1, 0.15) is 5.75 Å². The first kappa shape index (κ1) is 9.16. The highest BCUT2D eigenvalue weighted by molar-refractivity contribution is 6.10. The molecule has 0 aliphatic heterocycles. The van der Waals surface area contributed by atoms with Gasteiger partial charge in [0.2, 0.25) is 0 Å². The SMILES string of the molecule is COc1cncc2ccc3ccccc3c12. The van der Waals surface area contributed by atoms with Crippen LogP contribution in [0.5, 0.6) is 5.75 Å². The molecule has 0 aliphatic carbocycles. The van der Waals surface area contributed by atoms with Crippen LogP contribution in [-0.2, 0) is 0 Å². The van der Waals surface area contributed by atoms with Crippen molar-refractivity contribution in [2.45, 2.75) is 0 Å². The van der Waals surface area contributed by atoms with Crippen molar-refractivity contribution in [2.75, 3.05) is 7.11 Å². The van der Waals surface area contributed by atoms with Crippen LogP contribution in [0.25, 0.3) is 21.5 Å². The van der Waals surface area contributed by atoms with Gasteiger partial charge in [0.05, 0.1) is 13.3 Å². The lowest BCUT2D eigenvalue weighted by atomic mass is 10.0. The van der Waals surface area contributed by atoms with Crippen molar-refractivity contribution in [3.8, 4) is 5.75 Å². The zero-order valence-corrected chi connectivity index (χ0v) is 8.97. The lowest BCUT2D eigenvalue weighted by Crippen LogP contribution is -1.87. The van der Waals surface area contributed by atoms with Gasteiger partial charge >= 0.3 is 0 Å². The third-order valence-corrected chi connectivity index (χ3v) is 2.83. The average Bonchev–Trinajstić information content (AvgIpc) is 2.37. The Kier molecular flexibility index (Phi) is 2.00. The Bertz CT molecular complexity index is 661. The normalized spacial score (nSPS) is 10.8. The zero-order valence-electron chi connectivity index (χ0n) is 8.97. The van der Waals surface area contributed by atoms with E-state index in [1.54, 1.807) is 13.3 Å². The number of ether oxygens (including phenoxy) is 1. The van der Waals surface area contributed by atoms with Gasteiger partial charge < -0.3 is 4.74 Å². The number of benzene rings is 2. The van der Waals surface area contributed by atoms with E-state index in [2.05, 4.69) is 29.2 Å². The van der Waals surface area contributed by atoms with Gasteiger partial charge in [-0.25, -0.2) is 0 Å². The molecule has 0 saturated carbocycles. The molecule has 2 nitrogen and oxygen atoms in total. The summed E-state index contributed by atoms with van der Waals surface area (Å²) in [6, 6.07) is 12.5. The monoisotopic (exact) mass is 209 g/mol. The molecular weight excluding hydrogens is 198 g/mol. The summed E-state index contributed by atoms with van der Waals surface area (Å²) >= 11 is 0. The van der Waals surface area contributed by atoms with E-state index in [0.717, 1.165) is 16.5 Å². The molecule has 0 saturated heterocycles. The fraction of sp³-hybridized carbons (Fsp3) is 0.0714. The van der Waals surface area contributed by atoms with Crippen LogP contribution in [0.2, 0.25) is 0 Å². The molecule has 1 heterocycles. The van der Waals surface area contributed by atoms with E-state index in [0.29, 0.717) is 0 Å². The van der Waals surface area contributed by atoms with Gasteiger partial charge in [0.15, 0.2) is 0 Å². The predicted octanol–water partition coefficient (Wildman–Crippen LogP) is 3.40. The van der Waals surface area contributed by atoms with E-state index in [-0.39, 0.29) is 0 Å². The van der Waals surface area contributed by atoms with E-state index in [1.165, 1.54) is 10.8 Å². The summed E-state index contributed by atoms with van der Waals surface area (Å²) in [5.74, 6) is 0.828. The Morgan fingerprint density at radius 3 is 2.62 bits per heavy atom. The number of fused-ring (bicyclic) bond motifs is 3. The first-order valence-electron chi connectivity index (χ1n) is 5.19. The largest absolute Gasteiger partial charge is 0.494 e. The van der Waals surface area contributed by atoms with Crippen LogP contribution in [0.15, 0.2) is 48.8 Å². The summed E-state index contributed by atoms with van der Waals surface area (Å²) in [5, 5.41) is 4.67. The van der Waals surface area contributed by atoms with Crippen LogP contribution < -0.4 is 4.74 Å². The number of hydrogen-bond acceptors (Lipinski definition) is 2. The van der Waals surface area contributed by atoms with Gasteiger partial charge in [0.25, 0.3) is 0 Å². The molecule has 0 radical (unpaired) electrons. The third-order valence-electron chi connectivity index (χ3n) is 2.83. The average molecular weight is 209 g/mol. The highest BCUT2D eigenvalue weighted by Crippen LogP contribution is 2.31. The summed E-state index contributed by atoms with van der Waals surface area (Å²) in [6.45, 7) is 0. The maximum Gasteiger partial charge on any atom is 0.145 e. The van der Waals surface area contributed by atoms with E-state index in [9.17, 15) is 0 Å². The van der Waals surface area contributed by atoms with Gasteiger partial charge in [0, 0.05) is 17.0 Å². The molecule has 0 N–H and O–H groups in total. The molecule has 16 heavy (non-hydrogen) atoms. The Morgan fingerprint density at radius 2 is 1.75 bits per heavy atom. The van der Waals surface area contributed by atoms with Gasteiger partial charge in [-0.2, -0.15) is 0 Å². The summed E-state index contributed by atoms with van der Waals surface area (Å²) in [6.07, 6.45) is 3.62. The van der Waals surface area contributed by atoms with Crippen molar-refractivity contribution in [3.63, 3.8) is 0 Å². The Hall–Kier alpha value is -2.09. The van der Waals surface area contributed by atoms with Crippen molar-refractivity contribution in [1.29, 1.82) is 0 Å². The fourth-order valence-electron chi connectivity index (χ4n) is 2.08. The third kappa shape index (κ3) is 1.23. The minimum atomic E-state index is 0.828. The number of pyridine rings is 1. The van der Waals surface area contributed by atoms with Crippen LogP contribution >= 0.6 is 0 Å². The number of rotatable bonds is 1. The number of hydrogen-bond donors (Lipinski definition) is 0. The smallest absolute Gasteiger partial charge is 0.145 e. The number of methoxy groups -OCH3 is 1. The lowest BCUT2D eigenvalue weighted by molar-refractivity contribution is 0.418.